The molecule has 0 saturated carbocycles. The summed E-state index contributed by atoms with van der Waals surface area (Å²) in [6.45, 7) is 6.88. The highest BCUT2D eigenvalue weighted by Gasteiger charge is 2.35. The highest BCUT2D eigenvalue weighted by atomic mass is 16.5. The van der Waals surface area contributed by atoms with Gasteiger partial charge in [0.15, 0.2) is 11.4 Å². The van der Waals surface area contributed by atoms with Gasteiger partial charge < -0.3 is 13.9 Å². The summed E-state index contributed by atoms with van der Waals surface area (Å²) in [7, 11) is 5.15. The van der Waals surface area contributed by atoms with Crippen molar-refractivity contribution in [2.45, 2.75) is 33.6 Å². The van der Waals surface area contributed by atoms with E-state index >= 15 is 0 Å². The lowest BCUT2D eigenvalue weighted by molar-refractivity contribution is 0.240. The molecule has 5 heteroatoms. The monoisotopic (exact) mass is 315 g/mol. The van der Waals surface area contributed by atoms with Gasteiger partial charge in [0.2, 0.25) is 5.75 Å². The fourth-order valence-corrected chi connectivity index (χ4v) is 3.34. The van der Waals surface area contributed by atoms with Gasteiger partial charge in [-0.3, -0.25) is 4.99 Å². The molecule has 2 aromatic heterocycles. The molecule has 0 amide bonds. The molecule has 1 aliphatic carbocycles. The van der Waals surface area contributed by atoms with Crippen molar-refractivity contribution >= 4 is 11.4 Å². The number of methoxy groups -OCH3 is 2. The Morgan fingerprint density at radius 1 is 1.22 bits per heavy atom. The van der Waals surface area contributed by atoms with E-state index in [1.165, 1.54) is 5.69 Å². The summed E-state index contributed by atoms with van der Waals surface area (Å²) in [5, 5.41) is 0. The van der Waals surface area contributed by atoms with E-state index in [0.29, 0.717) is 17.4 Å². The van der Waals surface area contributed by atoms with Crippen LogP contribution < -0.4 is 9.47 Å². The molecule has 0 aromatic carbocycles. The van der Waals surface area contributed by atoms with Gasteiger partial charge in [0.05, 0.1) is 25.6 Å². The Hall–Kier alpha value is -2.04. The predicted molar refractivity (Wildman–Crippen MR) is 92.0 cm³/mol. The average Bonchev–Trinajstić information content (AvgIpc) is 2.90. The lowest BCUT2D eigenvalue weighted by atomic mass is 9.72. The molecule has 3 rings (SSSR count). The number of rotatable bonds is 2. The van der Waals surface area contributed by atoms with Crippen LogP contribution in [0.1, 0.15) is 38.6 Å². The van der Waals surface area contributed by atoms with Crippen LogP contribution in [0.25, 0.3) is 5.65 Å². The number of imidazole rings is 1. The number of hydrogen-bond acceptors (Lipinski definition) is 4. The third kappa shape index (κ3) is 2.48. The minimum atomic E-state index is 0.230. The van der Waals surface area contributed by atoms with Gasteiger partial charge in [-0.1, -0.05) is 20.8 Å². The van der Waals surface area contributed by atoms with Crippen molar-refractivity contribution in [3.63, 3.8) is 0 Å². The first-order valence-electron chi connectivity index (χ1n) is 7.98. The maximum Gasteiger partial charge on any atom is 0.204 e. The smallest absolute Gasteiger partial charge is 0.204 e. The molecule has 2 heterocycles. The second-order valence-corrected chi connectivity index (χ2v) is 7.16. The topological polar surface area (TPSA) is 48.1 Å². The Morgan fingerprint density at radius 3 is 2.52 bits per heavy atom. The minimum absolute atomic E-state index is 0.230. The molecule has 2 aromatic rings. The van der Waals surface area contributed by atoms with Gasteiger partial charge in [0.25, 0.3) is 0 Å². The van der Waals surface area contributed by atoms with E-state index in [2.05, 4.69) is 30.2 Å². The van der Waals surface area contributed by atoms with Crippen molar-refractivity contribution in [1.82, 2.24) is 9.38 Å². The van der Waals surface area contributed by atoms with Crippen LogP contribution in [0.5, 0.6) is 11.5 Å². The maximum absolute atomic E-state index is 5.54. The molecule has 0 spiro atoms. The largest absolute Gasteiger partial charge is 0.493 e. The van der Waals surface area contributed by atoms with Crippen LogP contribution in [0, 0.1) is 11.3 Å². The third-order valence-electron chi connectivity index (χ3n) is 4.88. The van der Waals surface area contributed by atoms with Gasteiger partial charge in [-0.15, -0.1) is 0 Å². The number of nitrogens with zero attached hydrogens (tertiary/aromatic N) is 3. The molecule has 1 atom stereocenters. The van der Waals surface area contributed by atoms with E-state index in [1.807, 2.05) is 19.3 Å². The van der Waals surface area contributed by atoms with Gasteiger partial charge in [-0.05, 0) is 24.2 Å². The van der Waals surface area contributed by atoms with Crippen LogP contribution in [-0.4, -0.2) is 36.4 Å². The maximum atomic E-state index is 5.54. The summed E-state index contributed by atoms with van der Waals surface area (Å²) >= 11 is 0. The van der Waals surface area contributed by atoms with Crippen LogP contribution in [-0.2, 0) is 6.42 Å². The van der Waals surface area contributed by atoms with E-state index in [9.17, 15) is 0 Å². The Morgan fingerprint density at radius 2 is 1.96 bits per heavy atom. The summed E-state index contributed by atoms with van der Waals surface area (Å²) in [6.07, 6.45) is 3.98. The highest BCUT2D eigenvalue weighted by Crippen LogP contribution is 2.40. The normalized spacial score (nSPS) is 19.9. The summed E-state index contributed by atoms with van der Waals surface area (Å²) in [5.74, 6) is 1.92. The predicted octanol–water partition coefficient (Wildman–Crippen LogP) is 3.38. The average molecular weight is 315 g/mol. The fourth-order valence-electron chi connectivity index (χ4n) is 3.34. The summed E-state index contributed by atoms with van der Waals surface area (Å²) in [6, 6.07) is 1.93. The highest BCUT2D eigenvalue weighted by molar-refractivity contribution is 6.02. The van der Waals surface area contributed by atoms with Crippen molar-refractivity contribution in [3.8, 4) is 11.5 Å². The molecule has 1 unspecified atom stereocenters. The molecule has 0 saturated heterocycles. The fraction of sp³-hybridized carbons (Fsp3) is 0.556. The van der Waals surface area contributed by atoms with Crippen LogP contribution in [0.3, 0.4) is 0 Å². The molecule has 0 bridgehead atoms. The first-order valence-corrected chi connectivity index (χ1v) is 7.98. The van der Waals surface area contributed by atoms with Crippen molar-refractivity contribution in [2.24, 2.45) is 16.3 Å². The number of aromatic nitrogens is 2. The number of aliphatic imine (C=N–C) groups is 1. The van der Waals surface area contributed by atoms with E-state index in [-0.39, 0.29) is 5.41 Å². The molecular formula is C18H25N3O2. The number of ether oxygens (including phenoxy) is 2. The molecule has 5 nitrogen and oxygen atoms in total. The quantitative estimate of drug-likeness (QED) is 0.853. The van der Waals surface area contributed by atoms with Gasteiger partial charge in [0, 0.05) is 19.3 Å². The molecule has 23 heavy (non-hydrogen) atoms. The number of pyridine rings is 1. The molecule has 124 valence electrons. The zero-order valence-electron chi connectivity index (χ0n) is 14.8. The molecule has 0 aliphatic heterocycles. The van der Waals surface area contributed by atoms with E-state index < -0.39 is 0 Å². The first-order chi connectivity index (χ1) is 10.9. The van der Waals surface area contributed by atoms with Gasteiger partial charge in [0.1, 0.15) is 5.69 Å². The van der Waals surface area contributed by atoms with Crippen molar-refractivity contribution in [1.29, 1.82) is 0 Å². The zero-order valence-corrected chi connectivity index (χ0v) is 14.8. The Labute approximate surface area is 137 Å². The first kappa shape index (κ1) is 15.8. The standard InChI is InChI=1S/C18H25N3O2/c1-18(2,3)11-9-12(19-4)15-13(10-11)21-8-7-14(22-5)16(23-6)17(21)20-15/h7-8,11H,9-10H2,1-6H3. The van der Waals surface area contributed by atoms with Crippen LogP contribution in [0.15, 0.2) is 17.3 Å². The van der Waals surface area contributed by atoms with Gasteiger partial charge >= 0.3 is 0 Å². The second kappa shape index (κ2) is 5.55. The lowest BCUT2D eigenvalue weighted by Gasteiger charge is -2.34. The number of fused-ring (bicyclic) bond motifs is 3. The van der Waals surface area contributed by atoms with Gasteiger partial charge in [-0.2, -0.15) is 0 Å². The number of hydrogen-bond donors (Lipinski definition) is 0. The summed E-state index contributed by atoms with van der Waals surface area (Å²) in [5.41, 5.74) is 4.32. The lowest BCUT2D eigenvalue weighted by Crippen LogP contribution is -2.31. The van der Waals surface area contributed by atoms with E-state index in [4.69, 9.17) is 14.5 Å². The Bertz CT molecular complexity index is 769. The zero-order chi connectivity index (χ0) is 16.8. The molecule has 0 fully saturated rings. The molecular weight excluding hydrogens is 290 g/mol. The van der Waals surface area contributed by atoms with Crippen LogP contribution in [0.2, 0.25) is 0 Å². The summed E-state index contributed by atoms with van der Waals surface area (Å²) in [4.78, 5) is 9.34. The molecule has 1 aliphatic rings. The second-order valence-electron chi connectivity index (χ2n) is 7.16. The Kier molecular flexibility index (Phi) is 3.82. The van der Waals surface area contributed by atoms with Gasteiger partial charge in [-0.25, -0.2) is 4.98 Å². The molecule has 0 radical (unpaired) electrons. The molecule has 0 N–H and O–H groups in total. The SMILES string of the molecule is CN=C1CC(C(C)(C)C)Cc2c1nc1c(OC)c(OC)ccn21. The van der Waals surface area contributed by atoms with E-state index in [1.54, 1.807) is 14.2 Å². The van der Waals surface area contributed by atoms with Crippen molar-refractivity contribution in [2.75, 3.05) is 21.3 Å². The van der Waals surface area contributed by atoms with Crippen molar-refractivity contribution in [3.05, 3.63) is 23.7 Å². The Balaban J connectivity index is 2.24. The minimum Gasteiger partial charge on any atom is -0.493 e. The third-order valence-corrected chi connectivity index (χ3v) is 4.88. The summed E-state index contributed by atoms with van der Waals surface area (Å²) < 4.78 is 13.1. The van der Waals surface area contributed by atoms with Crippen LogP contribution >= 0.6 is 0 Å². The van der Waals surface area contributed by atoms with E-state index in [0.717, 1.165) is 29.9 Å². The van der Waals surface area contributed by atoms with Crippen LogP contribution in [0.4, 0.5) is 0 Å². The van der Waals surface area contributed by atoms with Crippen molar-refractivity contribution < 1.29 is 9.47 Å².